The van der Waals surface area contributed by atoms with E-state index in [4.69, 9.17) is 0 Å². The van der Waals surface area contributed by atoms with E-state index in [-0.39, 0.29) is 11.3 Å². The van der Waals surface area contributed by atoms with Gasteiger partial charge in [0.1, 0.15) is 0 Å². The third-order valence-corrected chi connectivity index (χ3v) is 3.39. The summed E-state index contributed by atoms with van der Waals surface area (Å²) < 4.78 is 25.9. The van der Waals surface area contributed by atoms with E-state index in [9.17, 15) is 13.6 Å². The second-order valence-electron chi connectivity index (χ2n) is 3.78. The molecule has 0 spiro atoms. The lowest BCUT2D eigenvalue weighted by Crippen LogP contribution is -2.14. The van der Waals surface area contributed by atoms with Gasteiger partial charge in [0.05, 0.1) is 5.25 Å². The zero-order chi connectivity index (χ0) is 13.8. The number of Topliss-reactive ketones (excluding diaryl/α,β-unsaturated/α-hetero) is 1. The Hall–Kier alpha value is -1.82. The smallest absolute Gasteiger partial charge is 0.188 e. The van der Waals surface area contributed by atoms with Gasteiger partial charge < -0.3 is 0 Å². The van der Waals surface area contributed by atoms with Gasteiger partial charge in [0, 0.05) is 18.0 Å². The van der Waals surface area contributed by atoms with Crippen molar-refractivity contribution in [2.24, 2.45) is 0 Å². The highest BCUT2D eigenvalue weighted by atomic mass is 32.2. The largest absolute Gasteiger partial charge is 0.293 e. The van der Waals surface area contributed by atoms with E-state index < -0.39 is 16.9 Å². The number of halogens is 2. The predicted molar refractivity (Wildman–Crippen MR) is 68.0 cm³/mol. The summed E-state index contributed by atoms with van der Waals surface area (Å²) in [4.78, 5) is 20.0. The van der Waals surface area contributed by atoms with Crippen LogP contribution in [-0.2, 0) is 0 Å². The minimum atomic E-state index is -1.03. The molecule has 19 heavy (non-hydrogen) atoms. The van der Waals surface area contributed by atoms with Gasteiger partial charge in [-0.05, 0) is 31.2 Å². The van der Waals surface area contributed by atoms with Crippen molar-refractivity contribution in [3.8, 4) is 0 Å². The molecule has 0 bridgehead atoms. The van der Waals surface area contributed by atoms with Gasteiger partial charge in [-0.3, -0.25) is 4.79 Å². The highest BCUT2D eigenvalue weighted by molar-refractivity contribution is 8.00. The summed E-state index contributed by atoms with van der Waals surface area (Å²) in [6.07, 6.45) is 3.15. The van der Waals surface area contributed by atoms with Crippen molar-refractivity contribution in [2.75, 3.05) is 0 Å². The van der Waals surface area contributed by atoms with Crippen LogP contribution in [0.1, 0.15) is 17.3 Å². The molecule has 0 aliphatic carbocycles. The molecule has 0 radical (unpaired) electrons. The molecule has 0 aliphatic rings. The molecule has 2 aromatic rings. The maximum atomic E-state index is 13.1. The molecule has 1 unspecified atom stereocenters. The summed E-state index contributed by atoms with van der Waals surface area (Å²) in [6.45, 7) is 1.67. The maximum Gasteiger partial charge on any atom is 0.188 e. The van der Waals surface area contributed by atoms with Crippen LogP contribution >= 0.6 is 11.8 Å². The number of benzene rings is 1. The van der Waals surface area contributed by atoms with Crippen molar-refractivity contribution in [3.05, 3.63) is 53.9 Å². The van der Waals surface area contributed by atoms with Gasteiger partial charge in [0.2, 0.25) is 0 Å². The lowest BCUT2D eigenvalue weighted by Gasteiger charge is -2.09. The van der Waals surface area contributed by atoms with Crippen molar-refractivity contribution in [1.29, 1.82) is 0 Å². The summed E-state index contributed by atoms with van der Waals surface area (Å²) in [6, 6.07) is 4.79. The molecule has 1 heterocycles. The standard InChI is InChI=1S/C13H10F2N2OS/c1-8(19-13-16-5-2-6-17-13)12(18)9-3-4-10(14)11(15)7-9/h2-8H,1H3. The summed E-state index contributed by atoms with van der Waals surface area (Å²) in [5, 5.41) is -0.0156. The minimum Gasteiger partial charge on any atom is -0.293 e. The van der Waals surface area contributed by atoms with Gasteiger partial charge >= 0.3 is 0 Å². The molecule has 0 amide bonds. The molecule has 0 saturated carbocycles. The van der Waals surface area contributed by atoms with Crippen molar-refractivity contribution >= 4 is 17.5 Å². The Morgan fingerprint density at radius 3 is 2.53 bits per heavy atom. The fourth-order valence-electron chi connectivity index (χ4n) is 1.44. The van der Waals surface area contributed by atoms with Crippen LogP contribution in [0.15, 0.2) is 41.8 Å². The van der Waals surface area contributed by atoms with E-state index >= 15 is 0 Å². The van der Waals surface area contributed by atoms with Crippen LogP contribution in [-0.4, -0.2) is 21.0 Å². The van der Waals surface area contributed by atoms with Gasteiger partial charge in [-0.2, -0.15) is 0 Å². The maximum absolute atomic E-state index is 13.1. The molecule has 0 fully saturated rings. The molecule has 0 N–H and O–H groups in total. The third-order valence-electron chi connectivity index (χ3n) is 2.40. The molecule has 1 aromatic carbocycles. The first-order chi connectivity index (χ1) is 9.08. The summed E-state index contributed by atoms with van der Waals surface area (Å²) in [7, 11) is 0. The number of rotatable bonds is 4. The van der Waals surface area contributed by atoms with Crippen LogP contribution in [0.5, 0.6) is 0 Å². The first-order valence-electron chi connectivity index (χ1n) is 5.51. The Kier molecular flexibility index (Phi) is 4.21. The molecule has 2 rings (SSSR count). The number of thioether (sulfide) groups is 1. The molecule has 1 atom stereocenters. The van der Waals surface area contributed by atoms with Crippen LogP contribution in [0.25, 0.3) is 0 Å². The van der Waals surface area contributed by atoms with Gasteiger partial charge in [0.25, 0.3) is 0 Å². The summed E-state index contributed by atoms with van der Waals surface area (Å²) in [5.41, 5.74) is 0.134. The van der Waals surface area contributed by atoms with Crippen LogP contribution in [0.3, 0.4) is 0 Å². The summed E-state index contributed by atoms with van der Waals surface area (Å²) in [5.74, 6) is -2.29. The number of nitrogens with zero attached hydrogens (tertiary/aromatic N) is 2. The van der Waals surface area contributed by atoms with Crippen LogP contribution in [0.2, 0.25) is 0 Å². The van der Waals surface area contributed by atoms with E-state index in [0.717, 1.165) is 12.1 Å². The SMILES string of the molecule is CC(Sc1ncccn1)C(=O)c1ccc(F)c(F)c1. The van der Waals surface area contributed by atoms with Gasteiger partial charge in [-0.25, -0.2) is 18.7 Å². The van der Waals surface area contributed by atoms with Gasteiger partial charge in [0.15, 0.2) is 22.6 Å². The average Bonchev–Trinajstić information content (AvgIpc) is 2.42. The lowest BCUT2D eigenvalue weighted by molar-refractivity contribution is 0.0993. The number of ketones is 1. The number of hydrogen-bond donors (Lipinski definition) is 0. The van der Waals surface area contributed by atoms with E-state index in [1.165, 1.54) is 17.8 Å². The van der Waals surface area contributed by atoms with Gasteiger partial charge in [-0.15, -0.1) is 0 Å². The fourth-order valence-corrected chi connectivity index (χ4v) is 2.24. The van der Waals surface area contributed by atoms with Crippen LogP contribution in [0.4, 0.5) is 8.78 Å². The highest BCUT2D eigenvalue weighted by Gasteiger charge is 2.19. The van der Waals surface area contributed by atoms with Crippen molar-refractivity contribution in [1.82, 2.24) is 9.97 Å². The Labute approximate surface area is 113 Å². The normalized spacial score (nSPS) is 12.2. The third kappa shape index (κ3) is 3.35. The molecule has 0 saturated heterocycles. The Morgan fingerprint density at radius 2 is 1.89 bits per heavy atom. The number of carbonyl (C=O) groups is 1. The molecular formula is C13H10F2N2OS. The predicted octanol–water partition coefficient (Wildman–Crippen LogP) is 3.12. The van der Waals surface area contributed by atoms with E-state index in [0.29, 0.717) is 5.16 Å². The zero-order valence-electron chi connectivity index (χ0n) is 10.0. The quantitative estimate of drug-likeness (QED) is 0.490. The highest BCUT2D eigenvalue weighted by Crippen LogP contribution is 2.22. The first kappa shape index (κ1) is 13.6. The molecule has 0 aliphatic heterocycles. The number of hydrogen-bond acceptors (Lipinski definition) is 4. The van der Waals surface area contributed by atoms with E-state index in [1.807, 2.05) is 0 Å². The molecule has 6 heteroatoms. The monoisotopic (exact) mass is 280 g/mol. The topological polar surface area (TPSA) is 42.9 Å². The van der Waals surface area contributed by atoms with E-state index in [1.54, 1.807) is 25.4 Å². The van der Waals surface area contributed by atoms with E-state index in [2.05, 4.69) is 9.97 Å². The number of carbonyl (C=O) groups excluding carboxylic acids is 1. The average molecular weight is 280 g/mol. The molecule has 1 aromatic heterocycles. The fraction of sp³-hybridized carbons (Fsp3) is 0.154. The lowest BCUT2D eigenvalue weighted by atomic mass is 10.1. The number of aromatic nitrogens is 2. The Bertz CT molecular complexity index is 592. The van der Waals surface area contributed by atoms with Crippen LogP contribution in [0, 0.1) is 11.6 Å². The van der Waals surface area contributed by atoms with Gasteiger partial charge in [-0.1, -0.05) is 11.8 Å². The van der Waals surface area contributed by atoms with Crippen molar-refractivity contribution < 1.29 is 13.6 Å². The second-order valence-corrected chi connectivity index (χ2v) is 5.09. The van der Waals surface area contributed by atoms with Crippen molar-refractivity contribution in [3.63, 3.8) is 0 Å². The molecular weight excluding hydrogens is 270 g/mol. The second kappa shape index (κ2) is 5.88. The zero-order valence-corrected chi connectivity index (χ0v) is 10.8. The molecule has 98 valence electrons. The minimum absolute atomic E-state index is 0.134. The van der Waals surface area contributed by atoms with Crippen molar-refractivity contribution in [2.45, 2.75) is 17.3 Å². The molecule has 3 nitrogen and oxygen atoms in total. The first-order valence-corrected chi connectivity index (χ1v) is 6.39. The van der Waals surface area contributed by atoms with Crippen LogP contribution < -0.4 is 0 Å². The Morgan fingerprint density at radius 1 is 1.21 bits per heavy atom. The summed E-state index contributed by atoms with van der Waals surface area (Å²) >= 11 is 1.17. The Balaban J connectivity index is 2.12.